The number of likely N-dealkylation sites (N-methyl/N-ethyl adjacent to an activating group) is 1. The SMILES string of the molecule is CN(CCCc1ccc(N)cc1)CCc1ccccn1. The molecule has 0 spiro atoms. The van der Waals surface area contributed by atoms with E-state index in [4.69, 9.17) is 5.73 Å². The van der Waals surface area contributed by atoms with Crippen LogP contribution < -0.4 is 5.73 Å². The first kappa shape index (κ1) is 14.5. The molecule has 3 nitrogen and oxygen atoms in total. The van der Waals surface area contributed by atoms with E-state index in [2.05, 4.69) is 35.1 Å². The summed E-state index contributed by atoms with van der Waals surface area (Å²) in [5.41, 5.74) is 9.04. The highest BCUT2D eigenvalue weighted by Gasteiger charge is 2.01. The number of nitrogens with zero attached hydrogens (tertiary/aromatic N) is 2. The Kier molecular flexibility index (Phi) is 5.56. The van der Waals surface area contributed by atoms with Crippen molar-refractivity contribution in [3.63, 3.8) is 0 Å². The van der Waals surface area contributed by atoms with Gasteiger partial charge in [0, 0.05) is 30.5 Å². The van der Waals surface area contributed by atoms with E-state index in [1.54, 1.807) is 0 Å². The van der Waals surface area contributed by atoms with E-state index >= 15 is 0 Å². The van der Waals surface area contributed by atoms with Crippen molar-refractivity contribution in [2.45, 2.75) is 19.3 Å². The largest absolute Gasteiger partial charge is 0.399 e. The zero-order valence-corrected chi connectivity index (χ0v) is 12.1. The predicted molar refractivity (Wildman–Crippen MR) is 84.6 cm³/mol. The van der Waals surface area contributed by atoms with E-state index in [1.165, 1.54) is 12.0 Å². The van der Waals surface area contributed by atoms with Crippen molar-refractivity contribution in [1.82, 2.24) is 9.88 Å². The van der Waals surface area contributed by atoms with Crippen molar-refractivity contribution in [2.75, 3.05) is 25.9 Å². The standard InChI is InChI=1S/C17H23N3/c1-20(14-11-17-6-2-3-12-19-17)13-4-5-15-7-9-16(18)10-8-15/h2-3,6-10,12H,4-5,11,13-14,18H2,1H3. The number of hydrogen-bond donors (Lipinski definition) is 1. The number of benzene rings is 1. The van der Waals surface area contributed by atoms with Crippen LogP contribution in [0.2, 0.25) is 0 Å². The van der Waals surface area contributed by atoms with Gasteiger partial charge in [-0.25, -0.2) is 0 Å². The lowest BCUT2D eigenvalue weighted by Crippen LogP contribution is -2.23. The monoisotopic (exact) mass is 269 g/mol. The highest BCUT2D eigenvalue weighted by atomic mass is 15.1. The van der Waals surface area contributed by atoms with Gasteiger partial charge in [0.05, 0.1) is 0 Å². The molecule has 1 heterocycles. The number of hydrogen-bond acceptors (Lipinski definition) is 3. The Hall–Kier alpha value is -1.87. The second-order valence-electron chi connectivity index (χ2n) is 5.22. The van der Waals surface area contributed by atoms with E-state index < -0.39 is 0 Å². The number of aryl methyl sites for hydroxylation is 1. The molecule has 0 bridgehead atoms. The molecule has 1 aromatic heterocycles. The van der Waals surface area contributed by atoms with E-state index in [9.17, 15) is 0 Å². The van der Waals surface area contributed by atoms with E-state index in [1.807, 2.05) is 30.5 Å². The normalized spacial score (nSPS) is 10.9. The summed E-state index contributed by atoms with van der Waals surface area (Å²) in [6, 6.07) is 14.3. The highest BCUT2D eigenvalue weighted by Crippen LogP contribution is 2.08. The Balaban J connectivity index is 1.65. The molecular weight excluding hydrogens is 246 g/mol. The van der Waals surface area contributed by atoms with Crippen LogP contribution in [0, 0.1) is 0 Å². The number of nitrogens with two attached hydrogens (primary N) is 1. The molecule has 0 aliphatic heterocycles. The summed E-state index contributed by atoms with van der Waals surface area (Å²) < 4.78 is 0. The summed E-state index contributed by atoms with van der Waals surface area (Å²) >= 11 is 0. The molecule has 0 atom stereocenters. The molecule has 0 aliphatic rings. The van der Waals surface area contributed by atoms with Gasteiger partial charge in [-0.3, -0.25) is 4.98 Å². The second kappa shape index (κ2) is 7.65. The molecule has 106 valence electrons. The van der Waals surface area contributed by atoms with Gasteiger partial charge in [0.25, 0.3) is 0 Å². The third-order valence-electron chi connectivity index (χ3n) is 3.46. The molecule has 3 heteroatoms. The maximum absolute atomic E-state index is 5.68. The molecule has 0 saturated heterocycles. The van der Waals surface area contributed by atoms with E-state index in [0.717, 1.165) is 37.3 Å². The van der Waals surface area contributed by atoms with Gasteiger partial charge < -0.3 is 10.6 Å². The van der Waals surface area contributed by atoms with Crippen molar-refractivity contribution >= 4 is 5.69 Å². The minimum Gasteiger partial charge on any atom is -0.399 e. The summed E-state index contributed by atoms with van der Waals surface area (Å²) in [4.78, 5) is 6.72. The van der Waals surface area contributed by atoms with Crippen molar-refractivity contribution < 1.29 is 0 Å². The Morgan fingerprint density at radius 1 is 1.00 bits per heavy atom. The fourth-order valence-electron chi connectivity index (χ4n) is 2.20. The van der Waals surface area contributed by atoms with Crippen LogP contribution in [0.15, 0.2) is 48.7 Å². The molecule has 0 radical (unpaired) electrons. The molecule has 0 fully saturated rings. The lowest BCUT2D eigenvalue weighted by Gasteiger charge is -2.16. The van der Waals surface area contributed by atoms with Crippen LogP contribution >= 0.6 is 0 Å². The first-order valence-electron chi connectivity index (χ1n) is 7.17. The van der Waals surface area contributed by atoms with Crippen molar-refractivity contribution in [1.29, 1.82) is 0 Å². The summed E-state index contributed by atoms with van der Waals surface area (Å²) in [7, 11) is 2.17. The van der Waals surface area contributed by atoms with Gasteiger partial charge >= 0.3 is 0 Å². The first-order chi connectivity index (χ1) is 9.74. The molecule has 0 saturated carbocycles. The average Bonchev–Trinajstić information content (AvgIpc) is 2.48. The Morgan fingerprint density at radius 2 is 1.80 bits per heavy atom. The number of anilines is 1. The number of aromatic nitrogens is 1. The van der Waals surface area contributed by atoms with Crippen molar-refractivity contribution in [3.8, 4) is 0 Å². The molecule has 20 heavy (non-hydrogen) atoms. The van der Waals surface area contributed by atoms with Gasteiger partial charge in [0.2, 0.25) is 0 Å². The molecule has 2 N–H and O–H groups in total. The molecule has 2 aromatic rings. The predicted octanol–water partition coefficient (Wildman–Crippen LogP) is 2.77. The zero-order chi connectivity index (χ0) is 14.2. The topological polar surface area (TPSA) is 42.1 Å². The first-order valence-corrected chi connectivity index (χ1v) is 7.17. The summed E-state index contributed by atoms with van der Waals surface area (Å²) in [5, 5.41) is 0. The maximum Gasteiger partial charge on any atom is 0.0416 e. The summed E-state index contributed by atoms with van der Waals surface area (Å²) in [6.45, 7) is 2.16. The van der Waals surface area contributed by atoms with E-state index in [0.29, 0.717) is 0 Å². The van der Waals surface area contributed by atoms with Crippen LogP contribution in [-0.4, -0.2) is 30.0 Å². The Bertz CT molecular complexity index is 493. The van der Waals surface area contributed by atoms with Crippen molar-refractivity contribution in [3.05, 3.63) is 59.9 Å². The molecule has 0 unspecified atom stereocenters. The lowest BCUT2D eigenvalue weighted by molar-refractivity contribution is 0.332. The number of nitrogen functional groups attached to an aromatic ring is 1. The highest BCUT2D eigenvalue weighted by molar-refractivity contribution is 5.39. The van der Waals surface area contributed by atoms with Crippen LogP contribution in [0.4, 0.5) is 5.69 Å². The Labute approximate surface area is 121 Å². The van der Waals surface area contributed by atoms with Crippen LogP contribution in [0.1, 0.15) is 17.7 Å². The van der Waals surface area contributed by atoms with Crippen molar-refractivity contribution in [2.24, 2.45) is 0 Å². The number of pyridine rings is 1. The van der Waals surface area contributed by atoms with Crippen LogP contribution in [0.25, 0.3) is 0 Å². The number of rotatable bonds is 7. The second-order valence-corrected chi connectivity index (χ2v) is 5.22. The van der Waals surface area contributed by atoms with Gasteiger partial charge in [-0.1, -0.05) is 18.2 Å². The minimum atomic E-state index is 0.834. The summed E-state index contributed by atoms with van der Waals surface area (Å²) in [5.74, 6) is 0. The van der Waals surface area contributed by atoms with Gasteiger partial charge in [0.1, 0.15) is 0 Å². The summed E-state index contributed by atoms with van der Waals surface area (Å²) in [6.07, 6.45) is 5.15. The van der Waals surface area contributed by atoms with Crippen LogP contribution in [-0.2, 0) is 12.8 Å². The van der Waals surface area contributed by atoms with Gasteiger partial charge in [-0.2, -0.15) is 0 Å². The van der Waals surface area contributed by atoms with E-state index in [-0.39, 0.29) is 0 Å². The zero-order valence-electron chi connectivity index (χ0n) is 12.1. The minimum absolute atomic E-state index is 0.834. The average molecular weight is 269 g/mol. The van der Waals surface area contributed by atoms with Crippen LogP contribution in [0.3, 0.4) is 0 Å². The lowest BCUT2D eigenvalue weighted by atomic mass is 10.1. The third kappa shape index (κ3) is 5.02. The third-order valence-corrected chi connectivity index (χ3v) is 3.46. The molecule has 1 aromatic carbocycles. The fraction of sp³-hybridized carbons (Fsp3) is 0.353. The van der Waals surface area contributed by atoms with Gasteiger partial charge in [0.15, 0.2) is 0 Å². The maximum atomic E-state index is 5.68. The Morgan fingerprint density at radius 3 is 2.50 bits per heavy atom. The quantitative estimate of drug-likeness (QED) is 0.786. The molecule has 0 aliphatic carbocycles. The fourth-order valence-corrected chi connectivity index (χ4v) is 2.20. The van der Waals surface area contributed by atoms with Crippen LogP contribution in [0.5, 0.6) is 0 Å². The smallest absolute Gasteiger partial charge is 0.0416 e. The van der Waals surface area contributed by atoms with Gasteiger partial charge in [-0.15, -0.1) is 0 Å². The molecule has 2 rings (SSSR count). The van der Waals surface area contributed by atoms with Gasteiger partial charge in [-0.05, 0) is 56.3 Å². The molecular formula is C17H23N3. The molecule has 0 amide bonds.